The van der Waals surface area contributed by atoms with Gasteiger partial charge in [-0.05, 0) is 233 Å². The van der Waals surface area contributed by atoms with Crippen molar-refractivity contribution in [3.8, 4) is 29.6 Å². The van der Waals surface area contributed by atoms with Crippen LogP contribution in [0.3, 0.4) is 0 Å². The van der Waals surface area contributed by atoms with Crippen LogP contribution in [0.4, 0.5) is 57.9 Å². The second-order valence-corrected chi connectivity index (χ2v) is 31.4. The summed E-state index contributed by atoms with van der Waals surface area (Å²) in [6.45, 7) is 11.0. The molecule has 2 saturated heterocycles. The fourth-order valence-electron chi connectivity index (χ4n) is 14.5. The maximum Gasteiger partial charge on any atom is 0.416 e. The predicted molar refractivity (Wildman–Crippen MR) is 470 cm³/mol. The number of alkyl halides is 9. The Balaban J connectivity index is 0.000000135. The smallest absolute Gasteiger partial charge is 0.342 e. The van der Waals surface area contributed by atoms with Gasteiger partial charge in [0, 0.05) is 146 Å². The van der Waals surface area contributed by atoms with E-state index in [2.05, 4.69) is 38.8 Å². The van der Waals surface area contributed by atoms with Crippen LogP contribution in [0.2, 0.25) is 0 Å². The molecular formula is C97H71F11N12O4S2. The van der Waals surface area contributed by atoms with Crippen molar-refractivity contribution in [2.24, 2.45) is 0 Å². The van der Waals surface area contributed by atoms with E-state index in [4.69, 9.17) is 15.8 Å². The molecule has 0 spiro atoms. The summed E-state index contributed by atoms with van der Waals surface area (Å²) in [5.74, 6) is -1.57. The van der Waals surface area contributed by atoms with Gasteiger partial charge in [0.25, 0.3) is 22.3 Å². The van der Waals surface area contributed by atoms with Crippen LogP contribution in [0.1, 0.15) is 98.7 Å². The van der Waals surface area contributed by atoms with Gasteiger partial charge in [0.15, 0.2) is 0 Å². The fraction of sp³-hybridized carbons (Fsp3) is 0.124. The Bertz CT molecular complexity index is 6640. The molecule has 2 aliphatic rings. The highest BCUT2D eigenvalue weighted by Crippen LogP contribution is 2.39. The number of thioether (sulfide) groups is 2. The molecule has 0 aliphatic carbocycles. The number of halogens is 11. The number of pyridine rings is 2. The third-order valence-electron chi connectivity index (χ3n) is 19.8. The normalized spacial score (nSPS) is 13.8. The molecule has 2 N–H and O–H groups in total. The summed E-state index contributed by atoms with van der Waals surface area (Å²) in [6, 6.07) is 61.9. The van der Waals surface area contributed by atoms with Gasteiger partial charge in [0.05, 0.1) is 66.8 Å². The number of nitrogens with one attached hydrogen (secondary N) is 2. The first-order valence-electron chi connectivity index (χ1n) is 38.5. The van der Waals surface area contributed by atoms with Crippen LogP contribution >= 0.6 is 23.5 Å². The van der Waals surface area contributed by atoms with E-state index in [0.717, 1.165) is 109 Å². The van der Waals surface area contributed by atoms with Crippen molar-refractivity contribution < 1.29 is 67.5 Å². The molecule has 7 aromatic heterocycles. The summed E-state index contributed by atoms with van der Waals surface area (Å²) < 4.78 is 155. The summed E-state index contributed by atoms with van der Waals surface area (Å²) in [6.07, 6.45) is 7.75. The van der Waals surface area contributed by atoms with E-state index in [9.17, 15) is 67.5 Å². The number of imide groups is 2. The van der Waals surface area contributed by atoms with Gasteiger partial charge in [-0.1, -0.05) is 95.6 Å². The highest BCUT2D eigenvalue weighted by molar-refractivity contribution is 8.18. The van der Waals surface area contributed by atoms with Crippen LogP contribution in [0.5, 0.6) is 0 Å². The predicted octanol–water partition coefficient (Wildman–Crippen LogP) is 24.8. The molecule has 632 valence electrons. The summed E-state index contributed by atoms with van der Waals surface area (Å²) >= 11 is 1.68. The summed E-state index contributed by atoms with van der Waals surface area (Å²) in [5, 5.41) is 33.7. The lowest BCUT2D eigenvalue weighted by Crippen LogP contribution is -2.17. The van der Waals surface area contributed by atoms with Crippen LogP contribution in [0, 0.1) is 66.4 Å². The Labute approximate surface area is 722 Å². The molecule has 8 aromatic carbocycles. The van der Waals surface area contributed by atoms with Gasteiger partial charge >= 0.3 is 18.5 Å². The zero-order valence-electron chi connectivity index (χ0n) is 67.7. The number of allylic oxidation sites excluding steroid dienone is 3. The lowest BCUT2D eigenvalue weighted by molar-refractivity contribution is -0.138. The lowest BCUT2D eigenvalue weighted by Gasteiger charge is -2.12. The molecule has 9 heterocycles. The molecular weight excluding hydrogens is 1670 g/mol. The van der Waals surface area contributed by atoms with Crippen molar-refractivity contribution in [3.63, 3.8) is 0 Å². The second kappa shape index (κ2) is 37.9. The first-order chi connectivity index (χ1) is 60.1. The molecule has 2 aliphatic heterocycles. The summed E-state index contributed by atoms with van der Waals surface area (Å²) in [7, 11) is 0. The fourth-order valence-corrected chi connectivity index (χ4v) is 15.8. The minimum absolute atomic E-state index is 0.260. The van der Waals surface area contributed by atoms with Crippen molar-refractivity contribution in [3.05, 3.63) is 360 Å². The van der Waals surface area contributed by atoms with E-state index >= 15 is 0 Å². The van der Waals surface area contributed by atoms with E-state index in [1.165, 1.54) is 30.3 Å². The number of para-hydroxylation sites is 3. The minimum Gasteiger partial charge on any atom is -0.342 e. The van der Waals surface area contributed by atoms with Crippen molar-refractivity contribution in [1.29, 1.82) is 15.8 Å². The quantitative estimate of drug-likeness (QED) is 0.0629. The topological polar surface area (TPSA) is 214 Å². The Morgan fingerprint density at radius 2 is 0.825 bits per heavy atom. The Kier molecular flexibility index (Phi) is 26.7. The van der Waals surface area contributed by atoms with Crippen LogP contribution in [-0.2, 0) is 47.8 Å². The van der Waals surface area contributed by atoms with Gasteiger partial charge in [-0.15, -0.1) is 0 Å². The van der Waals surface area contributed by atoms with Crippen LogP contribution < -0.4 is 10.6 Å². The molecule has 17 rings (SSSR count). The number of carbonyl (C=O) groups excluding carboxylic acids is 4. The van der Waals surface area contributed by atoms with Gasteiger partial charge < -0.3 is 22.8 Å². The molecule has 4 amide bonds. The van der Waals surface area contributed by atoms with E-state index in [1.54, 1.807) is 138 Å². The number of rotatable bonds is 13. The molecule has 0 bridgehead atoms. The standard InChI is InChI=1S/C21H17F3N2.2C20H16F3N3.2C18H11FN2O2S/c1-14-7-16(10-18(9-14)21(22,23)24)12-26-13-17(8-15(2)11-25)19-5-3-4-6-20(19)26;1-13-6-15(9-17(8-13)20(21,22)23)11-26-12-16(7-14(2)10-24)19-18(26)4-3-5-25-19;1-13-6-15(9-17(8-13)20(21,22)23)11-26-12-16(7-14(2)10-24)18-4-3-5-25-19(18)26;19-13-7-4-8-14-16(13)11(9-15-17(22)20-18(23)24-15)10-21(14)12-5-2-1-3-6-12;19-12-6-7-14-11(8-16-17(22)20-18(23)24-16)10-21(15(14)9-12)13-4-2-1-3-5-13/h3-10,13H,12H2,1-2H3;2*3-9,12H,11H2,1-2H3;2*1-10H,(H,20,22,23)/b15-8-;2*14-7-;15-9-;16-8-. The van der Waals surface area contributed by atoms with Crippen LogP contribution in [-0.4, -0.2) is 55.1 Å². The maximum absolute atomic E-state index is 14.4. The monoisotopic (exact) mass is 1740 g/mol. The average molecular weight is 1740 g/mol. The maximum atomic E-state index is 14.4. The molecule has 0 radical (unpaired) electrons. The number of carbonyl (C=O) groups is 4. The highest BCUT2D eigenvalue weighted by Gasteiger charge is 2.34. The van der Waals surface area contributed by atoms with E-state index < -0.39 is 52.3 Å². The number of amides is 4. The van der Waals surface area contributed by atoms with Gasteiger partial charge in [-0.3, -0.25) is 34.8 Å². The highest BCUT2D eigenvalue weighted by atomic mass is 32.2. The Morgan fingerprint density at radius 3 is 1.34 bits per heavy atom. The van der Waals surface area contributed by atoms with Gasteiger partial charge in [-0.25, -0.2) is 13.8 Å². The minimum atomic E-state index is -4.38. The second-order valence-electron chi connectivity index (χ2n) is 29.4. The van der Waals surface area contributed by atoms with Gasteiger partial charge in [-0.2, -0.15) is 55.3 Å². The van der Waals surface area contributed by atoms with E-state index in [1.807, 2.05) is 146 Å². The Hall–Kier alpha value is -14.9. The largest absolute Gasteiger partial charge is 0.416 e. The Morgan fingerprint density at radius 1 is 0.413 bits per heavy atom. The van der Waals surface area contributed by atoms with Gasteiger partial charge in [0.1, 0.15) is 17.3 Å². The zero-order chi connectivity index (χ0) is 90.1. The van der Waals surface area contributed by atoms with E-state index in [-0.39, 0.29) is 34.9 Å². The number of fused-ring (bicyclic) bond motifs is 5. The van der Waals surface area contributed by atoms with Crippen molar-refractivity contribution in [2.75, 3.05) is 0 Å². The third kappa shape index (κ3) is 21.2. The average Bonchev–Trinajstić information content (AvgIpc) is 1.65. The molecule has 0 unspecified atom stereocenters. The number of nitrogens with zero attached hydrogens (tertiary/aromatic N) is 10. The first-order valence-corrected chi connectivity index (χ1v) is 40.2. The van der Waals surface area contributed by atoms with E-state index in [0.29, 0.717) is 94.7 Å². The number of nitriles is 3. The number of benzene rings is 8. The van der Waals surface area contributed by atoms with Crippen LogP contribution in [0.25, 0.3) is 96.5 Å². The number of hydrogen-bond donors (Lipinski definition) is 2. The number of aromatic nitrogens is 7. The molecule has 2 fully saturated rings. The van der Waals surface area contributed by atoms with Gasteiger partial charge in [0.2, 0.25) is 0 Å². The zero-order valence-corrected chi connectivity index (χ0v) is 69.3. The third-order valence-corrected chi connectivity index (χ3v) is 21.4. The molecule has 15 aromatic rings. The van der Waals surface area contributed by atoms with Crippen molar-refractivity contribution >= 4 is 131 Å². The van der Waals surface area contributed by atoms with Crippen molar-refractivity contribution in [1.82, 2.24) is 43.4 Å². The molecule has 0 saturated carbocycles. The molecule has 0 atom stereocenters. The SMILES string of the molecule is C/C(C#N)=C/c1cn(Cc2cc(C)cc(C(F)(F)F)c2)c2ccccc12.C/C(C#N)=C/c1cn(Cc2cc(C)cc(C(F)(F)F)c2)c2cccnc12.C/C(C#N)=C/c1cn(Cc2cc(C)cc(C(F)(F)F)c2)c2ncccc12.O=C1NC(=O)/C(=C/c2cn(-c3ccccc3)c3cc(F)ccc23)S1.O=C1NC(=O)/C(=C/c2cn(-c3ccccc3)c3cccc(F)c23)S1. The molecule has 16 nitrogen and oxygen atoms in total. The summed E-state index contributed by atoms with van der Waals surface area (Å²) in [5.41, 5.74) is 13.1. The number of aryl methyl sites for hydroxylation is 3. The van der Waals surface area contributed by atoms with Crippen LogP contribution in [0.15, 0.2) is 270 Å². The lowest BCUT2D eigenvalue weighted by atomic mass is 10.1. The number of hydrogen-bond acceptors (Lipinski definition) is 11. The van der Waals surface area contributed by atoms with Crippen molar-refractivity contribution in [2.45, 2.75) is 79.7 Å². The summed E-state index contributed by atoms with van der Waals surface area (Å²) in [4.78, 5) is 55.5. The first kappa shape index (κ1) is 88.9. The molecule has 126 heavy (non-hydrogen) atoms. The molecule has 29 heteroatoms.